The minimum atomic E-state index is 0.508. The quantitative estimate of drug-likeness (QED) is 0.540. The van der Waals surface area contributed by atoms with Crippen molar-refractivity contribution in [3.05, 3.63) is 59.8 Å². The lowest BCUT2D eigenvalue weighted by atomic mass is 9.77. The van der Waals surface area contributed by atoms with Gasteiger partial charge in [0.2, 0.25) is 0 Å². The van der Waals surface area contributed by atoms with Gasteiger partial charge in [0.15, 0.2) is 0 Å². The molecule has 1 aliphatic rings. The van der Waals surface area contributed by atoms with Crippen LogP contribution in [0.5, 0.6) is 0 Å². The van der Waals surface area contributed by atoms with Crippen LogP contribution in [0.25, 0.3) is 0 Å². The zero-order chi connectivity index (χ0) is 14.6. The molecule has 0 N–H and O–H groups in total. The van der Waals surface area contributed by atoms with Crippen molar-refractivity contribution in [2.24, 2.45) is 17.8 Å². The van der Waals surface area contributed by atoms with Crippen LogP contribution in [-0.4, -0.2) is 0 Å². The van der Waals surface area contributed by atoms with E-state index in [-0.39, 0.29) is 0 Å². The second-order valence-electron chi connectivity index (χ2n) is 5.83. The fourth-order valence-electron chi connectivity index (χ4n) is 2.87. The van der Waals surface area contributed by atoms with Gasteiger partial charge in [0, 0.05) is 0 Å². The van der Waals surface area contributed by atoms with Gasteiger partial charge in [-0.25, -0.2) is 0 Å². The van der Waals surface area contributed by atoms with Crippen LogP contribution < -0.4 is 0 Å². The molecule has 0 aromatic rings. The zero-order valence-corrected chi connectivity index (χ0v) is 13.2. The first-order valence-corrected chi connectivity index (χ1v) is 7.28. The summed E-state index contributed by atoms with van der Waals surface area (Å²) in [6.07, 6.45) is 9.97. The number of hydrogen-bond donors (Lipinski definition) is 0. The third-order valence-corrected chi connectivity index (χ3v) is 4.35. The summed E-state index contributed by atoms with van der Waals surface area (Å²) in [5.74, 6) is 1.60. The van der Waals surface area contributed by atoms with Crippen LogP contribution in [0.2, 0.25) is 0 Å². The summed E-state index contributed by atoms with van der Waals surface area (Å²) >= 11 is 0. The van der Waals surface area contributed by atoms with E-state index in [0.29, 0.717) is 17.8 Å². The number of rotatable bonds is 5. The predicted molar refractivity (Wildman–Crippen MR) is 87.0 cm³/mol. The molecule has 1 unspecified atom stereocenters. The molecule has 0 spiro atoms. The molecule has 0 saturated heterocycles. The Labute approximate surface area is 119 Å². The Morgan fingerprint density at radius 2 is 2.00 bits per heavy atom. The van der Waals surface area contributed by atoms with Gasteiger partial charge >= 0.3 is 0 Å². The minimum absolute atomic E-state index is 0.508. The lowest BCUT2D eigenvalue weighted by Crippen LogP contribution is -2.14. The molecule has 0 radical (unpaired) electrons. The molecule has 0 saturated carbocycles. The highest BCUT2D eigenvalue weighted by Crippen LogP contribution is 2.36. The highest BCUT2D eigenvalue weighted by molar-refractivity contribution is 5.44. The average Bonchev–Trinajstić information content (AvgIpc) is 2.38. The maximum absolute atomic E-state index is 4.07. The van der Waals surface area contributed by atoms with Crippen molar-refractivity contribution in [3.8, 4) is 0 Å². The van der Waals surface area contributed by atoms with E-state index in [1.54, 1.807) is 0 Å². The van der Waals surface area contributed by atoms with E-state index < -0.39 is 0 Å². The lowest BCUT2D eigenvalue weighted by molar-refractivity contribution is 0.524. The Morgan fingerprint density at radius 3 is 2.42 bits per heavy atom. The first-order chi connectivity index (χ1) is 8.92. The zero-order valence-electron chi connectivity index (χ0n) is 13.2. The highest BCUT2D eigenvalue weighted by Gasteiger charge is 2.22. The third kappa shape index (κ3) is 3.59. The summed E-state index contributed by atoms with van der Waals surface area (Å²) in [5, 5.41) is 0. The molecule has 0 aromatic heterocycles. The summed E-state index contributed by atoms with van der Waals surface area (Å²) in [5.41, 5.74) is 5.53. The molecule has 0 bridgehead atoms. The van der Waals surface area contributed by atoms with Crippen LogP contribution in [0.15, 0.2) is 59.8 Å². The summed E-state index contributed by atoms with van der Waals surface area (Å²) in [4.78, 5) is 0. The molecular formula is C19H28. The Balaban J connectivity index is 3.03. The van der Waals surface area contributed by atoms with Gasteiger partial charge < -0.3 is 0 Å². The van der Waals surface area contributed by atoms with E-state index in [1.165, 1.54) is 22.3 Å². The second kappa shape index (κ2) is 6.75. The van der Waals surface area contributed by atoms with Crippen molar-refractivity contribution in [1.29, 1.82) is 0 Å². The summed E-state index contributed by atoms with van der Waals surface area (Å²) in [7, 11) is 0. The van der Waals surface area contributed by atoms with E-state index in [9.17, 15) is 0 Å². The normalized spacial score (nSPS) is 23.2. The molecule has 0 amide bonds. The van der Waals surface area contributed by atoms with E-state index in [0.717, 1.165) is 6.42 Å². The van der Waals surface area contributed by atoms with Crippen LogP contribution >= 0.6 is 0 Å². The van der Waals surface area contributed by atoms with Crippen molar-refractivity contribution >= 4 is 0 Å². The predicted octanol–water partition coefficient (Wildman–Crippen LogP) is 5.86. The maximum Gasteiger partial charge on any atom is -0.0131 e. The highest BCUT2D eigenvalue weighted by atomic mass is 14.3. The van der Waals surface area contributed by atoms with Crippen molar-refractivity contribution in [2.45, 2.75) is 41.0 Å². The summed E-state index contributed by atoms with van der Waals surface area (Å²) in [6, 6.07) is 0. The van der Waals surface area contributed by atoms with Gasteiger partial charge in [0.05, 0.1) is 0 Å². The number of hydrogen-bond acceptors (Lipinski definition) is 0. The van der Waals surface area contributed by atoms with Gasteiger partial charge in [0.1, 0.15) is 0 Å². The molecular weight excluding hydrogens is 228 g/mol. The molecule has 0 aromatic carbocycles. The van der Waals surface area contributed by atoms with Crippen molar-refractivity contribution in [3.63, 3.8) is 0 Å². The fourth-order valence-corrected chi connectivity index (χ4v) is 2.87. The molecule has 3 atom stereocenters. The van der Waals surface area contributed by atoms with E-state index >= 15 is 0 Å². The van der Waals surface area contributed by atoms with Gasteiger partial charge in [-0.2, -0.15) is 0 Å². The molecule has 0 heterocycles. The van der Waals surface area contributed by atoms with Crippen molar-refractivity contribution < 1.29 is 0 Å². The van der Waals surface area contributed by atoms with Crippen LogP contribution in [0.3, 0.4) is 0 Å². The molecule has 19 heavy (non-hydrogen) atoms. The lowest BCUT2D eigenvalue weighted by Gasteiger charge is -2.28. The first kappa shape index (κ1) is 15.8. The standard InChI is InChI=1S/C19H28/c1-8-14(5)16(7)18(9-2)17-10-11-19(13(3)4)15(6)12-17/h8-11,14-16H,1,3,12H2,2,4-7H3/b18-9+/t14-,15-,16?/m0/s1. The van der Waals surface area contributed by atoms with Crippen LogP contribution in [0.4, 0.5) is 0 Å². The smallest absolute Gasteiger partial charge is 0.0131 e. The maximum atomic E-state index is 4.07. The molecule has 0 aliphatic heterocycles. The minimum Gasteiger partial charge on any atom is -0.103 e. The van der Waals surface area contributed by atoms with Crippen molar-refractivity contribution in [1.82, 2.24) is 0 Å². The monoisotopic (exact) mass is 256 g/mol. The van der Waals surface area contributed by atoms with Gasteiger partial charge in [-0.3, -0.25) is 0 Å². The van der Waals surface area contributed by atoms with Crippen LogP contribution in [-0.2, 0) is 0 Å². The van der Waals surface area contributed by atoms with Gasteiger partial charge in [-0.15, -0.1) is 6.58 Å². The summed E-state index contributed by atoms with van der Waals surface area (Å²) < 4.78 is 0. The first-order valence-electron chi connectivity index (χ1n) is 7.28. The van der Waals surface area contributed by atoms with E-state index in [2.05, 4.69) is 72.1 Å². The fraction of sp³-hybridized carbons (Fsp3) is 0.474. The van der Waals surface area contributed by atoms with Gasteiger partial charge in [-0.1, -0.05) is 57.2 Å². The van der Waals surface area contributed by atoms with Gasteiger partial charge in [0.25, 0.3) is 0 Å². The van der Waals surface area contributed by atoms with Gasteiger partial charge in [-0.05, 0) is 54.7 Å². The average molecular weight is 256 g/mol. The largest absolute Gasteiger partial charge is 0.103 e. The molecule has 0 nitrogen and oxygen atoms in total. The number of allylic oxidation sites excluding steroid dienone is 8. The molecule has 0 heteroatoms. The molecule has 104 valence electrons. The Bertz CT molecular complexity index is 443. The van der Waals surface area contributed by atoms with E-state index in [1.807, 2.05) is 0 Å². The SMILES string of the molecule is C=C[C@H](C)C(C)/C(=C\C)C1=CC=C(C(=C)C)[C@@H](C)C1. The molecule has 0 fully saturated rings. The molecule has 1 rings (SSSR count). The molecule has 1 aliphatic carbocycles. The Kier molecular flexibility index (Phi) is 5.60. The summed E-state index contributed by atoms with van der Waals surface area (Å²) in [6.45, 7) is 19.1. The Morgan fingerprint density at radius 1 is 1.37 bits per heavy atom. The Hall–Kier alpha value is -1.30. The van der Waals surface area contributed by atoms with Crippen LogP contribution in [0, 0.1) is 17.8 Å². The van der Waals surface area contributed by atoms with Crippen LogP contribution in [0.1, 0.15) is 41.0 Å². The van der Waals surface area contributed by atoms with E-state index in [4.69, 9.17) is 0 Å². The second-order valence-corrected chi connectivity index (χ2v) is 5.83. The van der Waals surface area contributed by atoms with Crippen molar-refractivity contribution in [2.75, 3.05) is 0 Å². The topological polar surface area (TPSA) is 0 Å². The third-order valence-electron chi connectivity index (χ3n) is 4.35.